The third-order valence-corrected chi connectivity index (χ3v) is 5.14. The minimum absolute atomic E-state index is 0.00356. The monoisotopic (exact) mass is 332 g/mol. The van der Waals surface area contributed by atoms with Crippen molar-refractivity contribution in [2.45, 2.75) is 38.8 Å². The Labute approximate surface area is 131 Å². The molecule has 0 spiro atoms. The zero-order valence-electron chi connectivity index (χ0n) is 12.3. The smallest absolute Gasteiger partial charge is 0.214 e. The van der Waals surface area contributed by atoms with Gasteiger partial charge in [-0.1, -0.05) is 17.7 Å². The third-order valence-electron chi connectivity index (χ3n) is 3.45. The van der Waals surface area contributed by atoms with E-state index < -0.39 is 16.1 Å². The van der Waals surface area contributed by atoms with Gasteiger partial charge in [-0.05, 0) is 44.7 Å². The first-order chi connectivity index (χ1) is 9.91. The standard InChI is InChI=1S/C14H21ClN2O3S/c1-3-20-13(11-7-8-11)9-21(18,19)17-10(2)12-5-4-6-14(15)16-12/h4-6,10-11,13,17H,3,7-9H2,1-2H3. The van der Waals surface area contributed by atoms with E-state index >= 15 is 0 Å². The molecule has 1 aliphatic rings. The van der Waals surface area contributed by atoms with Gasteiger partial charge in [-0.15, -0.1) is 0 Å². The lowest BCUT2D eigenvalue weighted by atomic mass is 10.2. The molecule has 2 unspecified atom stereocenters. The number of nitrogens with zero attached hydrogens (tertiary/aromatic N) is 1. The maximum atomic E-state index is 12.3. The summed E-state index contributed by atoms with van der Waals surface area (Å²) in [4.78, 5) is 4.13. The molecule has 0 saturated heterocycles. The molecule has 1 aliphatic carbocycles. The molecule has 1 fully saturated rings. The fraction of sp³-hybridized carbons (Fsp3) is 0.643. The number of aromatic nitrogens is 1. The Morgan fingerprint density at radius 1 is 1.48 bits per heavy atom. The molecule has 1 aromatic rings. The molecule has 0 bridgehead atoms. The van der Waals surface area contributed by atoms with Gasteiger partial charge in [-0.2, -0.15) is 0 Å². The van der Waals surface area contributed by atoms with E-state index in [1.807, 2.05) is 6.92 Å². The molecule has 2 atom stereocenters. The minimum atomic E-state index is -3.43. The highest BCUT2D eigenvalue weighted by atomic mass is 35.5. The number of hydrogen-bond donors (Lipinski definition) is 1. The van der Waals surface area contributed by atoms with E-state index in [2.05, 4.69) is 9.71 Å². The molecule has 1 heterocycles. The Balaban J connectivity index is 1.99. The maximum absolute atomic E-state index is 12.3. The third kappa shape index (κ3) is 5.21. The van der Waals surface area contributed by atoms with E-state index in [4.69, 9.17) is 16.3 Å². The second-order valence-corrected chi connectivity index (χ2v) is 7.52. The molecule has 7 heteroatoms. The van der Waals surface area contributed by atoms with Crippen LogP contribution in [0.2, 0.25) is 5.15 Å². The lowest BCUT2D eigenvalue weighted by Gasteiger charge is -2.19. The summed E-state index contributed by atoms with van der Waals surface area (Å²) in [5.74, 6) is 0.372. The Morgan fingerprint density at radius 3 is 2.76 bits per heavy atom. The summed E-state index contributed by atoms with van der Waals surface area (Å²) in [5, 5.41) is 0.351. The van der Waals surface area contributed by atoms with Gasteiger partial charge in [0.2, 0.25) is 10.0 Å². The number of sulfonamides is 1. The molecule has 118 valence electrons. The summed E-state index contributed by atoms with van der Waals surface area (Å²) in [5.41, 5.74) is 0.602. The first kappa shape index (κ1) is 16.7. The zero-order chi connectivity index (χ0) is 15.5. The second-order valence-electron chi connectivity index (χ2n) is 5.34. The summed E-state index contributed by atoms with van der Waals surface area (Å²) >= 11 is 5.83. The van der Waals surface area contributed by atoms with Crippen molar-refractivity contribution in [3.8, 4) is 0 Å². The molecule has 0 aliphatic heterocycles. The number of rotatable bonds is 8. The summed E-state index contributed by atoms with van der Waals surface area (Å²) in [6, 6.07) is 4.74. The molecule has 5 nitrogen and oxygen atoms in total. The zero-order valence-corrected chi connectivity index (χ0v) is 13.8. The van der Waals surface area contributed by atoms with Crippen molar-refractivity contribution in [3.05, 3.63) is 29.0 Å². The van der Waals surface area contributed by atoms with Gasteiger partial charge in [-0.25, -0.2) is 18.1 Å². The van der Waals surface area contributed by atoms with Crippen LogP contribution in [0.5, 0.6) is 0 Å². The lowest BCUT2D eigenvalue weighted by Crippen LogP contribution is -2.36. The highest BCUT2D eigenvalue weighted by Crippen LogP contribution is 2.35. The van der Waals surface area contributed by atoms with Crippen LogP contribution in [-0.4, -0.2) is 31.9 Å². The summed E-state index contributed by atoms with van der Waals surface area (Å²) in [7, 11) is -3.43. The molecule has 1 saturated carbocycles. The number of halogens is 1. The van der Waals surface area contributed by atoms with E-state index in [9.17, 15) is 8.42 Å². The van der Waals surface area contributed by atoms with Crippen LogP contribution in [0.4, 0.5) is 0 Å². The van der Waals surface area contributed by atoms with Crippen LogP contribution >= 0.6 is 11.6 Å². The number of nitrogens with one attached hydrogen (secondary N) is 1. The van der Waals surface area contributed by atoms with Gasteiger partial charge in [0.05, 0.1) is 23.6 Å². The summed E-state index contributed by atoms with van der Waals surface area (Å²) in [6.07, 6.45) is 1.88. The van der Waals surface area contributed by atoms with Crippen LogP contribution in [0.1, 0.15) is 38.4 Å². The van der Waals surface area contributed by atoms with Gasteiger partial charge >= 0.3 is 0 Å². The predicted octanol–water partition coefficient (Wildman–Crippen LogP) is 2.53. The largest absolute Gasteiger partial charge is 0.377 e. The highest BCUT2D eigenvalue weighted by Gasteiger charge is 2.35. The van der Waals surface area contributed by atoms with E-state index in [1.165, 1.54) is 0 Å². The average molecular weight is 333 g/mol. The Morgan fingerprint density at radius 2 is 2.19 bits per heavy atom. The Hall–Kier alpha value is -0.690. The van der Waals surface area contributed by atoms with E-state index in [0.717, 1.165) is 12.8 Å². The van der Waals surface area contributed by atoms with Gasteiger partial charge in [0.1, 0.15) is 5.15 Å². The fourth-order valence-electron chi connectivity index (χ4n) is 2.26. The Kier molecular flexibility index (Phi) is 5.60. The van der Waals surface area contributed by atoms with Crippen molar-refractivity contribution in [1.29, 1.82) is 0 Å². The van der Waals surface area contributed by atoms with Crippen molar-refractivity contribution in [1.82, 2.24) is 9.71 Å². The molecule has 0 amide bonds. The molecular weight excluding hydrogens is 312 g/mol. The predicted molar refractivity (Wildman–Crippen MR) is 82.7 cm³/mol. The molecule has 2 rings (SSSR count). The van der Waals surface area contributed by atoms with Gasteiger partial charge in [-0.3, -0.25) is 0 Å². The van der Waals surface area contributed by atoms with Crippen LogP contribution in [0, 0.1) is 5.92 Å². The van der Waals surface area contributed by atoms with Gasteiger partial charge in [0.15, 0.2) is 0 Å². The van der Waals surface area contributed by atoms with Crippen molar-refractivity contribution in [3.63, 3.8) is 0 Å². The SMILES string of the molecule is CCOC(CS(=O)(=O)NC(C)c1cccc(Cl)n1)C1CC1. The number of ether oxygens (including phenoxy) is 1. The quantitative estimate of drug-likeness (QED) is 0.743. The minimum Gasteiger partial charge on any atom is -0.377 e. The number of pyridine rings is 1. The van der Waals surface area contributed by atoms with Crippen LogP contribution < -0.4 is 4.72 Å². The maximum Gasteiger partial charge on any atom is 0.214 e. The molecule has 0 radical (unpaired) electrons. The van der Waals surface area contributed by atoms with Crippen molar-refractivity contribution >= 4 is 21.6 Å². The first-order valence-electron chi connectivity index (χ1n) is 7.15. The second kappa shape index (κ2) is 7.05. The van der Waals surface area contributed by atoms with Crippen molar-refractivity contribution in [2.24, 2.45) is 5.92 Å². The van der Waals surface area contributed by atoms with Crippen molar-refractivity contribution < 1.29 is 13.2 Å². The van der Waals surface area contributed by atoms with E-state index in [-0.39, 0.29) is 11.9 Å². The molecule has 1 N–H and O–H groups in total. The molecule has 21 heavy (non-hydrogen) atoms. The summed E-state index contributed by atoms with van der Waals surface area (Å²) < 4.78 is 32.7. The first-order valence-corrected chi connectivity index (χ1v) is 9.18. The molecule has 0 aromatic carbocycles. The number of hydrogen-bond acceptors (Lipinski definition) is 4. The van der Waals surface area contributed by atoms with Crippen LogP contribution in [-0.2, 0) is 14.8 Å². The average Bonchev–Trinajstić information content (AvgIpc) is 3.21. The van der Waals surface area contributed by atoms with E-state index in [0.29, 0.717) is 23.4 Å². The topological polar surface area (TPSA) is 68.3 Å². The Bertz CT molecular complexity index is 575. The molecular formula is C14H21ClN2O3S. The lowest BCUT2D eigenvalue weighted by molar-refractivity contribution is 0.0629. The highest BCUT2D eigenvalue weighted by molar-refractivity contribution is 7.89. The van der Waals surface area contributed by atoms with Crippen LogP contribution in [0.3, 0.4) is 0 Å². The van der Waals surface area contributed by atoms with Gasteiger partial charge in [0.25, 0.3) is 0 Å². The van der Waals surface area contributed by atoms with Crippen LogP contribution in [0.25, 0.3) is 0 Å². The fourth-order valence-corrected chi connectivity index (χ4v) is 3.99. The van der Waals surface area contributed by atoms with Crippen molar-refractivity contribution in [2.75, 3.05) is 12.4 Å². The van der Waals surface area contributed by atoms with Gasteiger partial charge in [0, 0.05) is 6.61 Å². The normalized spacial score (nSPS) is 18.4. The summed E-state index contributed by atoms with van der Waals surface area (Å²) in [6.45, 7) is 4.17. The van der Waals surface area contributed by atoms with Crippen LogP contribution in [0.15, 0.2) is 18.2 Å². The van der Waals surface area contributed by atoms with Gasteiger partial charge < -0.3 is 4.74 Å². The molecule has 1 aromatic heterocycles. The van der Waals surface area contributed by atoms with E-state index in [1.54, 1.807) is 25.1 Å².